The van der Waals surface area contributed by atoms with E-state index in [-0.39, 0.29) is 6.04 Å². The first-order valence-corrected chi connectivity index (χ1v) is 7.31. The van der Waals surface area contributed by atoms with E-state index in [9.17, 15) is 0 Å². The van der Waals surface area contributed by atoms with Gasteiger partial charge in [-0.25, -0.2) is 4.98 Å². The molecule has 0 spiro atoms. The van der Waals surface area contributed by atoms with Crippen molar-refractivity contribution in [1.29, 1.82) is 0 Å². The predicted molar refractivity (Wildman–Crippen MR) is 79.6 cm³/mol. The molecule has 0 saturated carbocycles. The Morgan fingerprint density at radius 2 is 1.94 bits per heavy atom. The number of nitrogens with two attached hydrogens (primary N) is 1. The molecule has 0 aliphatic heterocycles. The molecular formula is C13H14Cl2N2S. The van der Waals surface area contributed by atoms with Gasteiger partial charge in [-0.05, 0) is 25.5 Å². The molecule has 1 aromatic carbocycles. The van der Waals surface area contributed by atoms with Gasteiger partial charge in [-0.1, -0.05) is 36.2 Å². The van der Waals surface area contributed by atoms with Gasteiger partial charge in [0.1, 0.15) is 5.01 Å². The predicted octanol–water partition coefficient (Wildman–Crippen LogP) is 4.70. The molecule has 1 atom stereocenters. The van der Waals surface area contributed by atoms with Crippen molar-refractivity contribution in [3.05, 3.63) is 38.8 Å². The van der Waals surface area contributed by atoms with Crippen LogP contribution in [0.5, 0.6) is 0 Å². The Kier molecular flexibility index (Phi) is 4.28. The van der Waals surface area contributed by atoms with E-state index in [1.54, 1.807) is 11.3 Å². The summed E-state index contributed by atoms with van der Waals surface area (Å²) in [6.07, 6.45) is 0.857. The lowest BCUT2D eigenvalue weighted by Gasteiger charge is -2.03. The summed E-state index contributed by atoms with van der Waals surface area (Å²) in [7, 11) is 0. The molecule has 2 rings (SSSR count). The standard InChI is InChI=1S/C13H14Cl2N2S/c1-3-10-12(7(2)16)18-13(17-10)11-8(14)5-4-6-9(11)15/h4-7H,3,16H2,1-2H3. The van der Waals surface area contributed by atoms with E-state index in [0.717, 1.165) is 27.6 Å². The lowest BCUT2D eigenvalue weighted by Crippen LogP contribution is -2.05. The molecule has 0 bridgehead atoms. The lowest BCUT2D eigenvalue weighted by molar-refractivity contribution is 0.814. The van der Waals surface area contributed by atoms with Crippen LogP contribution in [0.4, 0.5) is 0 Å². The van der Waals surface area contributed by atoms with Gasteiger partial charge in [-0.3, -0.25) is 0 Å². The fourth-order valence-corrected chi connectivity index (χ4v) is 3.65. The molecule has 0 amide bonds. The molecule has 0 aliphatic carbocycles. The Balaban J connectivity index is 2.58. The number of nitrogens with zero attached hydrogens (tertiary/aromatic N) is 1. The van der Waals surface area contributed by atoms with Gasteiger partial charge in [0.15, 0.2) is 0 Å². The van der Waals surface area contributed by atoms with Gasteiger partial charge in [-0.15, -0.1) is 11.3 Å². The van der Waals surface area contributed by atoms with Crippen molar-refractivity contribution in [2.75, 3.05) is 0 Å². The third-order valence-electron chi connectivity index (χ3n) is 2.65. The van der Waals surface area contributed by atoms with Gasteiger partial charge in [0.25, 0.3) is 0 Å². The van der Waals surface area contributed by atoms with Gasteiger partial charge in [0.2, 0.25) is 0 Å². The highest BCUT2D eigenvalue weighted by atomic mass is 35.5. The number of halogens is 2. The van der Waals surface area contributed by atoms with Crippen LogP contribution >= 0.6 is 34.5 Å². The summed E-state index contributed by atoms with van der Waals surface area (Å²) in [5.41, 5.74) is 7.79. The molecule has 1 heterocycles. The molecule has 2 aromatic rings. The van der Waals surface area contributed by atoms with Gasteiger partial charge in [-0.2, -0.15) is 0 Å². The van der Waals surface area contributed by atoms with Crippen molar-refractivity contribution < 1.29 is 0 Å². The SMILES string of the molecule is CCc1nc(-c2c(Cl)cccc2Cl)sc1C(C)N. The second kappa shape index (κ2) is 5.57. The van der Waals surface area contributed by atoms with E-state index >= 15 is 0 Å². The first-order chi connectivity index (χ1) is 8.54. The first-order valence-electron chi connectivity index (χ1n) is 5.74. The topological polar surface area (TPSA) is 38.9 Å². The maximum Gasteiger partial charge on any atom is 0.126 e. The summed E-state index contributed by atoms with van der Waals surface area (Å²) < 4.78 is 0. The second-order valence-electron chi connectivity index (χ2n) is 4.07. The number of rotatable bonds is 3. The average Bonchev–Trinajstić information content (AvgIpc) is 2.73. The quantitative estimate of drug-likeness (QED) is 0.892. The van der Waals surface area contributed by atoms with Crippen molar-refractivity contribution in [1.82, 2.24) is 4.98 Å². The number of aryl methyl sites for hydroxylation is 1. The van der Waals surface area contributed by atoms with Crippen LogP contribution in [0.1, 0.15) is 30.5 Å². The average molecular weight is 301 g/mol. The zero-order chi connectivity index (χ0) is 13.3. The fraction of sp³-hybridized carbons (Fsp3) is 0.308. The van der Waals surface area contributed by atoms with E-state index < -0.39 is 0 Å². The molecule has 0 radical (unpaired) electrons. The highest BCUT2D eigenvalue weighted by Gasteiger charge is 2.17. The normalized spacial score (nSPS) is 12.7. The van der Waals surface area contributed by atoms with Crippen LogP contribution in [0.25, 0.3) is 10.6 Å². The molecule has 0 aliphatic rings. The monoisotopic (exact) mass is 300 g/mol. The van der Waals surface area contributed by atoms with E-state index in [2.05, 4.69) is 11.9 Å². The molecule has 5 heteroatoms. The van der Waals surface area contributed by atoms with Crippen LogP contribution in [0.2, 0.25) is 10.0 Å². The lowest BCUT2D eigenvalue weighted by atomic mass is 10.2. The minimum absolute atomic E-state index is 0.0209. The molecule has 96 valence electrons. The van der Waals surface area contributed by atoms with Gasteiger partial charge in [0.05, 0.1) is 15.7 Å². The third kappa shape index (κ3) is 2.54. The Morgan fingerprint density at radius 1 is 1.33 bits per heavy atom. The van der Waals surface area contributed by atoms with Gasteiger partial charge < -0.3 is 5.73 Å². The van der Waals surface area contributed by atoms with Crippen molar-refractivity contribution in [3.63, 3.8) is 0 Å². The summed E-state index contributed by atoms with van der Waals surface area (Å²) in [4.78, 5) is 5.71. The van der Waals surface area contributed by atoms with Crippen LogP contribution in [-0.4, -0.2) is 4.98 Å². The summed E-state index contributed by atoms with van der Waals surface area (Å²) in [5.74, 6) is 0. The summed E-state index contributed by atoms with van der Waals surface area (Å²) in [5, 5.41) is 2.08. The van der Waals surface area contributed by atoms with Crippen LogP contribution in [0.15, 0.2) is 18.2 Å². The number of benzene rings is 1. The molecule has 1 unspecified atom stereocenters. The molecule has 18 heavy (non-hydrogen) atoms. The van der Waals surface area contributed by atoms with E-state index in [1.807, 2.05) is 25.1 Å². The zero-order valence-electron chi connectivity index (χ0n) is 10.2. The molecule has 1 aromatic heterocycles. The fourth-order valence-electron chi connectivity index (χ4n) is 1.78. The number of thiazole rings is 1. The van der Waals surface area contributed by atoms with Crippen molar-refractivity contribution in [2.24, 2.45) is 5.73 Å². The van der Waals surface area contributed by atoms with E-state index in [1.165, 1.54) is 0 Å². The first kappa shape index (κ1) is 13.8. The maximum atomic E-state index is 6.20. The van der Waals surface area contributed by atoms with Gasteiger partial charge >= 0.3 is 0 Å². The van der Waals surface area contributed by atoms with Crippen molar-refractivity contribution in [2.45, 2.75) is 26.3 Å². The van der Waals surface area contributed by atoms with Crippen molar-refractivity contribution in [3.8, 4) is 10.6 Å². The number of aromatic nitrogens is 1. The Bertz CT molecular complexity index is 544. The number of hydrogen-bond donors (Lipinski definition) is 1. The molecule has 2 nitrogen and oxygen atoms in total. The molecular weight excluding hydrogens is 287 g/mol. The smallest absolute Gasteiger partial charge is 0.126 e. The molecule has 2 N–H and O–H groups in total. The highest BCUT2D eigenvalue weighted by Crippen LogP contribution is 2.39. The van der Waals surface area contributed by atoms with Crippen LogP contribution in [0.3, 0.4) is 0 Å². The number of hydrogen-bond acceptors (Lipinski definition) is 3. The van der Waals surface area contributed by atoms with E-state index in [0.29, 0.717) is 10.0 Å². The highest BCUT2D eigenvalue weighted by molar-refractivity contribution is 7.15. The van der Waals surface area contributed by atoms with Crippen LogP contribution in [0, 0.1) is 0 Å². The zero-order valence-corrected chi connectivity index (χ0v) is 12.5. The largest absolute Gasteiger partial charge is 0.323 e. The van der Waals surface area contributed by atoms with Crippen molar-refractivity contribution >= 4 is 34.5 Å². The minimum atomic E-state index is -0.0209. The molecule has 0 saturated heterocycles. The molecule has 0 fully saturated rings. The van der Waals surface area contributed by atoms with Crippen LogP contribution in [-0.2, 0) is 6.42 Å². The Hall–Kier alpha value is -0.610. The van der Waals surface area contributed by atoms with E-state index in [4.69, 9.17) is 28.9 Å². The summed E-state index contributed by atoms with van der Waals surface area (Å²) in [6.45, 7) is 4.03. The summed E-state index contributed by atoms with van der Waals surface area (Å²) >= 11 is 14.0. The Morgan fingerprint density at radius 3 is 2.39 bits per heavy atom. The summed E-state index contributed by atoms with van der Waals surface area (Å²) in [6, 6.07) is 5.45. The second-order valence-corrected chi connectivity index (χ2v) is 5.91. The third-order valence-corrected chi connectivity index (χ3v) is 4.60. The van der Waals surface area contributed by atoms with Gasteiger partial charge in [0, 0.05) is 16.5 Å². The van der Waals surface area contributed by atoms with Crippen LogP contribution < -0.4 is 5.73 Å². The minimum Gasteiger partial charge on any atom is -0.323 e. The Labute approximate surface area is 121 Å². The maximum absolute atomic E-state index is 6.20.